The number of aliphatic carboxylic acids is 1. The van der Waals surface area contributed by atoms with Gasteiger partial charge in [0.25, 0.3) is 5.91 Å². The van der Waals surface area contributed by atoms with Gasteiger partial charge in [-0.1, -0.05) is 0 Å². The van der Waals surface area contributed by atoms with Crippen molar-refractivity contribution in [1.29, 1.82) is 0 Å². The highest BCUT2D eigenvalue weighted by Crippen LogP contribution is 2.23. The largest absolute Gasteiger partial charge is 0.481 e. The molecule has 6 heteroatoms. The Kier molecular flexibility index (Phi) is 5.16. The molecule has 0 spiro atoms. The van der Waals surface area contributed by atoms with Crippen molar-refractivity contribution in [3.63, 3.8) is 0 Å². The first-order valence-corrected chi connectivity index (χ1v) is 7.01. The lowest BCUT2D eigenvalue weighted by Gasteiger charge is -2.35. The fourth-order valence-corrected chi connectivity index (χ4v) is 2.03. The molecule has 20 heavy (non-hydrogen) atoms. The summed E-state index contributed by atoms with van der Waals surface area (Å²) in [5, 5.41) is 8.80. The van der Waals surface area contributed by atoms with Gasteiger partial charge in [-0.3, -0.25) is 9.59 Å². The van der Waals surface area contributed by atoms with Gasteiger partial charge in [-0.05, 0) is 54.9 Å². The Balaban J connectivity index is 3.03. The molecule has 0 saturated carbocycles. The number of carbonyl (C=O) groups is 2. The minimum Gasteiger partial charge on any atom is -0.481 e. The predicted octanol–water partition coefficient (Wildman–Crippen LogP) is 2.75. The number of carboxylic acid groups (broad SMARTS) is 1. The molecule has 1 rings (SSSR count). The lowest BCUT2D eigenvalue weighted by atomic mass is 10.0. The van der Waals surface area contributed by atoms with Gasteiger partial charge >= 0.3 is 5.97 Å². The third-order valence-electron chi connectivity index (χ3n) is 2.85. The fourth-order valence-electron chi connectivity index (χ4n) is 1.78. The van der Waals surface area contributed by atoms with E-state index in [0.29, 0.717) is 11.3 Å². The second kappa shape index (κ2) is 6.26. The van der Waals surface area contributed by atoms with Gasteiger partial charge in [-0.2, -0.15) is 0 Å². The van der Waals surface area contributed by atoms with Gasteiger partial charge in [-0.15, -0.1) is 0 Å². The first-order valence-electron chi connectivity index (χ1n) is 6.21. The minimum atomic E-state index is -0.928. The molecule has 0 atom stereocenters. The second-order valence-corrected chi connectivity index (χ2v) is 6.36. The van der Waals surface area contributed by atoms with Crippen LogP contribution in [0.25, 0.3) is 0 Å². The zero-order valence-electron chi connectivity index (χ0n) is 11.8. The van der Waals surface area contributed by atoms with E-state index in [9.17, 15) is 9.59 Å². The standard InChI is InChI=1S/C14H19BrN2O3/c1-14(2,3)17(7-6-12(18)19)13(20)9-4-5-10(15)11(16)8-9/h4-5,8H,6-7,16H2,1-3H3,(H,18,19). The molecule has 0 saturated heterocycles. The maximum absolute atomic E-state index is 12.5. The molecule has 0 radical (unpaired) electrons. The summed E-state index contributed by atoms with van der Waals surface area (Å²) < 4.78 is 0.724. The van der Waals surface area contributed by atoms with Gasteiger partial charge in [0.2, 0.25) is 0 Å². The number of amides is 1. The molecule has 110 valence electrons. The molecule has 1 amide bonds. The molecule has 0 aromatic heterocycles. The number of nitrogen functional groups attached to an aromatic ring is 1. The summed E-state index contributed by atoms with van der Waals surface area (Å²) in [6.45, 7) is 5.77. The Hall–Kier alpha value is -1.56. The van der Waals surface area contributed by atoms with Crippen LogP contribution in [0.2, 0.25) is 0 Å². The molecule has 3 N–H and O–H groups in total. The Morgan fingerprint density at radius 3 is 2.40 bits per heavy atom. The highest BCUT2D eigenvalue weighted by Gasteiger charge is 2.27. The quantitative estimate of drug-likeness (QED) is 0.824. The Morgan fingerprint density at radius 2 is 1.95 bits per heavy atom. The van der Waals surface area contributed by atoms with Crippen LogP contribution in [0.5, 0.6) is 0 Å². The predicted molar refractivity (Wildman–Crippen MR) is 81.6 cm³/mol. The van der Waals surface area contributed by atoms with Crippen LogP contribution in [0.3, 0.4) is 0 Å². The number of carboxylic acids is 1. The zero-order chi connectivity index (χ0) is 15.5. The van der Waals surface area contributed by atoms with Crippen LogP contribution in [0, 0.1) is 0 Å². The molecule has 5 nitrogen and oxygen atoms in total. The second-order valence-electron chi connectivity index (χ2n) is 5.51. The normalized spacial score (nSPS) is 11.2. The number of halogens is 1. The molecular weight excluding hydrogens is 324 g/mol. The van der Waals surface area contributed by atoms with Crippen molar-refractivity contribution in [3.8, 4) is 0 Å². The van der Waals surface area contributed by atoms with Gasteiger partial charge in [0, 0.05) is 27.8 Å². The number of hydrogen-bond acceptors (Lipinski definition) is 3. The van der Waals surface area contributed by atoms with Crippen LogP contribution in [0.1, 0.15) is 37.6 Å². The molecule has 0 aliphatic carbocycles. The first-order chi connectivity index (χ1) is 9.12. The van der Waals surface area contributed by atoms with Gasteiger partial charge in [0.15, 0.2) is 0 Å². The first kappa shape index (κ1) is 16.5. The Labute approximate surface area is 126 Å². The lowest BCUT2D eigenvalue weighted by molar-refractivity contribution is -0.137. The summed E-state index contributed by atoms with van der Waals surface area (Å²) in [5.74, 6) is -1.15. The number of benzene rings is 1. The minimum absolute atomic E-state index is 0.0883. The van der Waals surface area contributed by atoms with Gasteiger partial charge in [0.1, 0.15) is 0 Å². The van der Waals surface area contributed by atoms with E-state index < -0.39 is 11.5 Å². The van der Waals surface area contributed by atoms with Crippen molar-refractivity contribution < 1.29 is 14.7 Å². The highest BCUT2D eigenvalue weighted by molar-refractivity contribution is 9.10. The molecule has 1 aromatic carbocycles. The number of nitrogens with zero attached hydrogens (tertiary/aromatic N) is 1. The van der Waals surface area contributed by atoms with Gasteiger partial charge < -0.3 is 15.7 Å². The Morgan fingerprint density at radius 1 is 1.35 bits per heavy atom. The molecule has 1 aromatic rings. The van der Waals surface area contributed by atoms with E-state index in [1.54, 1.807) is 23.1 Å². The van der Waals surface area contributed by atoms with Crippen LogP contribution < -0.4 is 5.73 Å². The van der Waals surface area contributed by atoms with Crippen LogP contribution in [0.15, 0.2) is 22.7 Å². The number of hydrogen-bond donors (Lipinski definition) is 2. The van der Waals surface area contributed by atoms with Crippen molar-refractivity contribution in [2.24, 2.45) is 0 Å². The maximum Gasteiger partial charge on any atom is 0.305 e. The lowest BCUT2D eigenvalue weighted by Crippen LogP contribution is -2.46. The third-order valence-corrected chi connectivity index (χ3v) is 3.57. The molecule has 0 heterocycles. The maximum atomic E-state index is 12.5. The van der Waals surface area contributed by atoms with E-state index in [2.05, 4.69) is 15.9 Å². The third kappa shape index (κ3) is 4.23. The van der Waals surface area contributed by atoms with E-state index in [1.165, 1.54) is 0 Å². The summed E-state index contributed by atoms with van der Waals surface area (Å²) in [5.41, 5.74) is 6.24. The summed E-state index contributed by atoms with van der Waals surface area (Å²) in [4.78, 5) is 24.8. The van der Waals surface area contributed by atoms with E-state index in [1.807, 2.05) is 20.8 Å². The molecule has 0 aliphatic heterocycles. The molecule has 0 unspecified atom stereocenters. The van der Waals surface area contributed by atoms with Crippen LogP contribution in [-0.2, 0) is 4.79 Å². The molecule has 0 bridgehead atoms. The summed E-state index contributed by atoms with van der Waals surface area (Å²) in [7, 11) is 0. The van der Waals surface area contributed by atoms with Crippen molar-refractivity contribution in [1.82, 2.24) is 4.90 Å². The van der Waals surface area contributed by atoms with Crippen LogP contribution in [-0.4, -0.2) is 34.0 Å². The smallest absolute Gasteiger partial charge is 0.305 e. The number of nitrogens with two attached hydrogens (primary N) is 1. The SMILES string of the molecule is CC(C)(C)N(CCC(=O)O)C(=O)c1ccc(Br)c(N)c1. The van der Waals surface area contributed by atoms with E-state index in [-0.39, 0.29) is 18.9 Å². The van der Waals surface area contributed by atoms with Crippen molar-refractivity contribution in [2.75, 3.05) is 12.3 Å². The summed E-state index contributed by atoms with van der Waals surface area (Å²) in [6.07, 6.45) is -0.0883. The summed E-state index contributed by atoms with van der Waals surface area (Å²) >= 11 is 3.28. The fraction of sp³-hybridized carbons (Fsp3) is 0.429. The molecule has 0 fully saturated rings. The topological polar surface area (TPSA) is 83.6 Å². The molecule has 0 aliphatic rings. The van der Waals surface area contributed by atoms with E-state index in [4.69, 9.17) is 10.8 Å². The number of rotatable bonds is 4. The highest BCUT2D eigenvalue weighted by atomic mass is 79.9. The Bertz CT molecular complexity index is 524. The average molecular weight is 343 g/mol. The zero-order valence-corrected chi connectivity index (χ0v) is 13.4. The van der Waals surface area contributed by atoms with Crippen LogP contribution in [0.4, 0.5) is 5.69 Å². The number of anilines is 1. The van der Waals surface area contributed by atoms with Crippen molar-refractivity contribution >= 4 is 33.5 Å². The van der Waals surface area contributed by atoms with Gasteiger partial charge in [0.05, 0.1) is 6.42 Å². The average Bonchev–Trinajstić information content (AvgIpc) is 2.30. The van der Waals surface area contributed by atoms with Crippen molar-refractivity contribution in [3.05, 3.63) is 28.2 Å². The van der Waals surface area contributed by atoms with E-state index in [0.717, 1.165) is 4.47 Å². The number of carbonyl (C=O) groups excluding carboxylic acids is 1. The van der Waals surface area contributed by atoms with E-state index >= 15 is 0 Å². The van der Waals surface area contributed by atoms with Gasteiger partial charge in [-0.25, -0.2) is 0 Å². The van der Waals surface area contributed by atoms with Crippen molar-refractivity contribution in [2.45, 2.75) is 32.7 Å². The molecular formula is C14H19BrN2O3. The summed E-state index contributed by atoms with van der Waals surface area (Å²) in [6, 6.07) is 4.97. The van der Waals surface area contributed by atoms with Crippen LogP contribution >= 0.6 is 15.9 Å². The monoisotopic (exact) mass is 342 g/mol.